The van der Waals surface area contributed by atoms with E-state index in [1.54, 1.807) is 35.7 Å². The van der Waals surface area contributed by atoms with Crippen molar-refractivity contribution < 1.29 is 19.1 Å². The van der Waals surface area contributed by atoms with E-state index in [1.807, 2.05) is 5.38 Å². The van der Waals surface area contributed by atoms with E-state index in [1.165, 1.54) is 18.4 Å². The lowest BCUT2D eigenvalue weighted by Gasteiger charge is -2.09. The molecule has 2 rings (SSSR count). The summed E-state index contributed by atoms with van der Waals surface area (Å²) in [5.41, 5.74) is 1.24. The molecular formula is C16H16N2O4S. The molecule has 0 aliphatic heterocycles. The number of carbonyl (C=O) groups excluding carboxylic acids is 3. The van der Waals surface area contributed by atoms with E-state index < -0.39 is 5.97 Å². The van der Waals surface area contributed by atoms with Gasteiger partial charge >= 0.3 is 5.97 Å². The van der Waals surface area contributed by atoms with Crippen LogP contribution in [0.1, 0.15) is 27.1 Å². The lowest BCUT2D eigenvalue weighted by Crippen LogP contribution is -2.27. The average Bonchev–Trinajstić information content (AvgIpc) is 3.09. The Balaban J connectivity index is 1.86. The number of benzene rings is 1. The van der Waals surface area contributed by atoms with Gasteiger partial charge in [0.2, 0.25) is 5.91 Å². The summed E-state index contributed by atoms with van der Waals surface area (Å²) >= 11 is 1.43. The molecule has 0 aliphatic carbocycles. The van der Waals surface area contributed by atoms with E-state index in [0.29, 0.717) is 11.3 Å². The van der Waals surface area contributed by atoms with Crippen LogP contribution in [-0.2, 0) is 9.53 Å². The standard InChI is InChI=1S/C16H16N2O4S/c1-22-16(21)12-4-2-3-5-13(12)18-14(19)6-8-17-15(20)11-7-9-23-10-11/h2-5,7,9-10H,6,8H2,1H3,(H,17,20)(H,18,19). The van der Waals surface area contributed by atoms with Gasteiger partial charge in [-0.3, -0.25) is 9.59 Å². The zero-order valence-electron chi connectivity index (χ0n) is 12.5. The van der Waals surface area contributed by atoms with Crippen molar-refractivity contribution in [1.82, 2.24) is 5.32 Å². The molecule has 0 saturated carbocycles. The van der Waals surface area contributed by atoms with Gasteiger partial charge in [-0.05, 0) is 23.6 Å². The Kier molecular flexibility index (Phi) is 5.87. The fourth-order valence-electron chi connectivity index (χ4n) is 1.88. The van der Waals surface area contributed by atoms with Gasteiger partial charge in [0.15, 0.2) is 0 Å². The molecule has 0 bridgehead atoms. The van der Waals surface area contributed by atoms with E-state index in [0.717, 1.165) is 0 Å². The molecule has 2 aromatic rings. The second kappa shape index (κ2) is 8.09. The fraction of sp³-hybridized carbons (Fsp3) is 0.188. The average molecular weight is 332 g/mol. The van der Waals surface area contributed by atoms with Crippen molar-refractivity contribution in [1.29, 1.82) is 0 Å². The van der Waals surface area contributed by atoms with Crippen LogP contribution in [0.25, 0.3) is 0 Å². The van der Waals surface area contributed by atoms with Gasteiger partial charge in [0, 0.05) is 23.9 Å². The third-order valence-electron chi connectivity index (χ3n) is 3.03. The minimum absolute atomic E-state index is 0.103. The van der Waals surface area contributed by atoms with Crippen molar-refractivity contribution in [3.05, 3.63) is 52.2 Å². The van der Waals surface area contributed by atoms with Crippen LogP contribution in [0.3, 0.4) is 0 Å². The molecule has 7 heteroatoms. The molecule has 6 nitrogen and oxygen atoms in total. The van der Waals surface area contributed by atoms with Crippen LogP contribution in [0.15, 0.2) is 41.1 Å². The van der Waals surface area contributed by atoms with Crippen LogP contribution in [0.5, 0.6) is 0 Å². The number of anilines is 1. The summed E-state index contributed by atoms with van der Waals surface area (Å²) in [6.45, 7) is 0.209. The van der Waals surface area contributed by atoms with Crippen molar-refractivity contribution in [3.8, 4) is 0 Å². The Labute approximate surface area is 137 Å². The highest BCUT2D eigenvalue weighted by Gasteiger charge is 2.13. The number of ether oxygens (including phenoxy) is 1. The number of hydrogen-bond acceptors (Lipinski definition) is 5. The smallest absolute Gasteiger partial charge is 0.339 e. The summed E-state index contributed by atoms with van der Waals surface area (Å²) in [6, 6.07) is 8.30. The maximum atomic E-state index is 11.9. The summed E-state index contributed by atoms with van der Waals surface area (Å²) in [7, 11) is 1.28. The molecule has 2 N–H and O–H groups in total. The van der Waals surface area contributed by atoms with Gasteiger partial charge in [-0.1, -0.05) is 12.1 Å². The molecular weight excluding hydrogens is 316 g/mol. The first-order chi connectivity index (χ1) is 11.1. The number of carbonyl (C=O) groups is 3. The number of amides is 2. The van der Waals surface area contributed by atoms with Crippen molar-refractivity contribution >= 4 is 34.8 Å². The molecule has 1 aromatic heterocycles. The molecule has 2 amide bonds. The van der Waals surface area contributed by atoms with E-state index in [2.05, 4.69) is 15.4 Å². The summed E-state index contributed by atoms with van der Waals surface area (Å²) in [4.78, 5) is 35.3. The quantitative estimate of drug-likeness (QED) is 0.795. The molecule has 0 unspecified atom stereocenters. The van der Waals surface area contributed by atoms with Crippen LogP contribution in [-0.4, -0.2) is 31.4 Å². The van der Waals surface area contributed by atoms with Gasteiger partial charge in [0.1, 0.15) is 0 Å². The summed E-state index contributed by atoms with van der Waals surface area (Å²) < 4.78 is 4.67. The number of hydrogen-bond donors (Lipinski definition) is 2. The molecule has 1 aromatic carbocycles. The summed E-state index contributed by atoms with van der Waals surface area (Å²) in [5.74, 6) is -1.03. The summed E-state index contributed by atoms with van der Waals surface area (Å²) in [6.07, 6.45) is 0.103. The number of rotatable bonds is 6. The van der Waals surface area contributed by atoms with Gasteiger partial charge in [0.05, 0.1) is 18.4 Å². The molecule has 0 spiro atoms. The van der Waals surface area contributed by atoms with Crippen molar-refractivity contribution in [2.75, 3.05) is 19.0 Å². The van der Waals surface area contributed by atoms with Crippen LogP contribution >= 0.6 is 11.3 Å². The van der Waals surface area contributed by atoms with Gasteiger partial charge < -0.3 is 15.4 Å². The first-order valence-corrected chi connectivity index (χ1v) is 7.83. The first kappa shape index (κ1) is 16.7. The highest BCUT2D eigenvalue weighted by molar-refractivity contribution is 7.08. The summed E-state index contributed by atoms with van der Waals surface area (Å²) in [5, 5.41) is 8.86. The third kappa shape index (κ3) is 4.65. The predicted octanol–water partition coefficient (Wildman–Crippen LogP) is 2.29. The Morgan fingerprint density at radius 2 is 1.96 bits per heavy atom. The number of nitrogens with one attached hydrogen (secondary N) is 2. The van der Waals surface area contributed by atoms with Gasteiger partial charge in [-0.15, -0.1) is 0 Å². The van der Waals surface area contributed by atoms with Gasteiger partial charge in [0.25, 0.3) is 5.91 Å². The molecule has 120 valence electrons. The lowest BCUT2D eigenvalue weighted by atomic mass is 10.1. The lowest BCUT2D eigenvalue weighted by molar-refractivity contribution is -0.116. The SMILES string of the molecule is COC(=O)c1ccccc1NC(=O)CCNC(=O)c1ccsc1. The minimum atomic E-state index is -0.522. The topological polar surface area (TPSA) is 84.5 Å². The molecule has 0 radical (unpaired) electrons. The Bertz CT molecular complexity index is 698. The molecule has 1 heterocycles. The second-order valence-corrected chi connectivity index (χ2v) is 5.38. The molecule has 0 aliphatic rings. The number of thiophene rings is 1. The van der Waals surface area contributed by atoms with E-state index >= 15 is 0 Å². The Hall–Kier alpha value is -2.67. The zero-order valence-corrected chi connectivity index (χ0v) is 13.3. The third-order valence-corrected chi connectivity index (χ3v) is 3.71. The number of esters is 1. The van der Waals surface area contributed by atoms with E-state index in [4.69, 9.17) is 0 Å². The molecule has 0 fully saturated rings. The van der Waals surface area contributed by atoms with Crippen LogP contribution in [0, 0.1) is 0 Å². The fourth-order valence-corrected chi connectivity index (χ4v) is 2.51. The molecule has 23 heavy (non-hydrogen) atoms. The highest BCUT2D eigenvalue weighted by atomic mass is 32.1. The normalized spacial score (nSPS) is 9.96. The maximum Gasteiger partial charge on any atom is 0.339 e. The van der Waals surface area contributed by atoms with Gasteiger partial charge in [-0.25, -0.2) is 4.79 Å². The zero-order chi connectivity index (χ0) is 16.7. The van der Waals surface area contributed by atoms with Crippen LogP contribution in [0.4, 0.5) is 5.69 Å². The van der Waals surface area contributed by atoms with E-state index in [-0.39, 0.29) is 30.3 Å². The van der Waals surface area contributed by atoms with E-state index in [9.17, 15) is 14.4 Å². The monoisotopic (exact) mass is 332 g/mol. The molecule has 0 atom stereocenters. The highest BCUT2D eigenvalue weighted by Crippen LogP contribution is 2.16. The molecule has 0 saturated heterocycles. The van der Waals surface area contributed by atoms with Crippen LogP contribution < -0.4 is 10.6 Å². The largest absolute Gasteiger partial charge is 0.465 e. The number of methoxy groups -OCH3 is 1. The minimum Gasteiger partial charge on any atom is -0.465 e. The van der Waals surface area contributed by atoms with Crippen molar-refractivity contribution in [2.24, 2.45) is 0 Å². The second-order valence-electron chi connectivity index (χ2n) is 4.60. The Morgan fingerprint density at radius 3 is 2.65 bits per heavy atom. The van der Waals surface area contributed by atoms with Gasteiger partial charge in [-0.2, -0.15) is 11.3 Å². The maximum absolute atomic E-state index is 11.9. The van der Waals surface area contributed by atoms with Crippen molar-refractivity contribution in [3.63, 3.8) is 0 Å². The van der Waals surface area contributed by atoms with Crippen molar-refractivity contribution in [2.45, 2.75) is 6.42 Å². The predicted molar refractivity (Wildman–Crippen MR) is 87.7 cm³/mol. The first-order valence-electron chi connectivity index (χ1n) is 6.89. The van der Waals surface area contributed by atoms with Crippen LogP contribution in [0.2, 0.25) is 0 Å². The Morgan fingerprint density at radius 1 is 1.17 bits per heavy atom. The number of para-hydroxylation sites is 1.